The van der Waals surface area contributed by atoms with Crippen LogP contribution >= 0.6 is 0 Å². The maximum atomic E-state index is 12.1. The molecule has 3 N–H and O–H groups in total. The molecule has 6 heteroatoms. The number of carbonyl (C=O) groups is 1. The van der Waals surface area contributed by atoms with E-state index in [0.29, 0.717) is 6.54 Å². The molecule has 0 saturated heterocycles. The van der Waals surface area contributed by atoms with Gasteiger partial charge in [-0.25, -0.2) is 0 Å². The topological polar surface area (TPSA) is 64.3 Å². The molecule has 0 aromatic heterocycles. The molecule has 0 fully saturated rings. The van der Waals surface area contributed by atoms with Gasteiger partial charge in [-0.05, 0) is 24.6 Å². The van der Waals surface area contributed by atoms with E-state index in [-0.39, 0.29) is 23.3 Å². The Hall–Kier alpha value is -1.69. The number of ether oxygens (including phenoxy) is 1. The average molecular weight is 286 g/mol. The van der Waals surface area contributed by atoms with Crippen molar-refractivity contribution >= 4 is 5.91 Å². The van der Waals surface area contributed by atoms with Crippen molar-refractivity contribution in [3.05, 3.63) is 29.8 Å². The molecule has 1 aromatic carbocycles. The van der Waals surface area contributed by atoms with Crippen molar-refractivity contribution < 1.29 is 18.3 Å². The Morgan fingerprint density at radius 3 is 2.80 bits per heavy atom. The third-order valence-electron chi connectivity index (χ3n) is 2.85. The fourth-order valence-electron chi connectivity index (χ4n) is 1.78. The first kappa shape index (κ1) is 16.4. The second-order valence-electron chi connectivity index (χ2n) is 4.45. The molecule has 0 aliphatic heterocycles. The van der Waals surface area contributed by atoms with Crippen molar-refractivity contribution in [1.29, 1.82) is 0 Å². The van der Waals surface area contributed by atoms with Gasteiger partial charge in [0, 0.05) is 18.2 Å². The van der Waals surface area contributed by atoms with Gasteiger partial charge in [0.1, 0.15) is 5.75 Å². The number of nitrogens with one attached hydrogen (secondary N) is 1. The zero-order valence-corrected chi connectivity index (χ0v) is 11.4. The molecule has 1 aromatic rings. The second-order valence-corrected chi connectivity index (χ2v) is 4.45. The van der Waals surface area contributed by atoms with E-state index in [2.05, 4.69) is 17.0 Å². The predicted molar refractivity (Wildman–Crippen MR) is 72.9 cm³/mol. The molecule has 20 heavy (non-hydrogen) atoms. The number of unbranched alkanes of at least 4 members (excludes halogenated alkanes) is 1. The molecule has 1 atom stereocenters. The molecule has 0 radical (unpaired) electrons. The summed E-state index contributed by atoms with van der Waals surface area (Å²) in [6, 6.07) is 5.59. The van der Waals surface area contributed by atoms with Gasteiger partial charge in [0.2, 0.25) is 0 Å². The molecule has 112 valence electrons. The lowest BCUT2D eigenvalue weighted by Gasteiger charge is -2.16. The first-order valence-electron chi connectivity index (χ1n) is 6.62. The summed E-state index contributed by atoms with van der Waals surface area (Å²) in [6.07, 6.45) is 2.78. The smallest absolute Gasteiger partial charge is 0.387 e. The normalized spacial score (nSPS) is 12.2. The van der Waals surface area contributed by atoms with E-state index < -0.39 is 6.61 Å². The standard InChI is InChI=1S/C14H20F2N2O2/c1-2-3-6-11(9-17)18-13(19)10-5-4-7-12(8-10)20-14(15)16/h4-5,7-8,11,14H,2-3,6,9,17H2,1H3,(H,18,19). The highest BCUT2D eigenvalue weighted by Crippen LogP contribution is 2.16. The van der Waals surface area contributed by atoms with Gasteiger partial charge in [-0.2, -0.15) is 8.78 Å². The molecule has 4 nitrogen and oxygen atoms in total. The summed E-state index contributed by atoms with van der Waals surface area (Å²) in [6.45, 7) is -0.505. The number of hydrogen-bond acceptors (Lipinski definition) is 3. The number of halogens is 2. The summed E-state index contributed by atoms with van der Waals surface area (Å²) >= 11 is 0. The van der Waals surface area contributed by atoms with Crippen molar-refractivity contribution in [1.82, 2.24) is 5.32 Å². The fourth-order valence-corrected chi connectivity index (χ4v) is 1.78. The Morgan fingerprint density at radius 2 is 2.20 bits per heavy atom. The van der Waals surface area contributed by atoms with Gasteiger partial charge < -0.3 is 15.8 Å². The molecule has 0 saturated carbocycles. The maximum absolute atomic E-state index is 12.1. The van der Waals surface area contributed by atoms with Crippen LogP contribution < -0.4 is 15.8 Å². The van der Waals surface area contributed by atoms with E-state index in [1.165, 1.54) is 18.2 Å². The van der Waals surface area contributed by atoms with Crippen molar-refractivity contribution in [2.75, 3.05) is 6.54 Å². The van der Waals surface area contributed by atoms with Crippen molar-refractivity contribution in [2.45, 2.75) is 38.8 Å². The van der Waals surface area contributed by atoms with E-state index in [1.54, 1.807) is 6.07 Å². The molecule has 1 amide bonds. The molecule has 0 heterocycles. The first-order valence-corrected chi connectivity index (χ1v) is 6.62. The van der Waals surface area contributed by atoms with E-state index >= 15 is 0 Å². The van der Waals surface area contributed by atoms with Gasteiger partial charge >= 0.3 is 6.61 Å². The number of amides is 1. The summed E-state index contributed by atoms with van der Waals surface area (Å²) in [5.41, 5.74) is 5.87. The number of nitrogens with two attached hydrogens (primary N) is 1. The quantitative estimate of drug-likeness (QED) is 0.772. The average Bonchev–Trinajstić information content (AvgIpc) is 2.42. The molecule has 0 spiro atoms. The minimum atomic E-state index is -2.91. The van der Waals surface area contributed by atoms with Crippen LogP contribution in [0, 0.1) is 0 Å². The van der Waals surface area contributed by atoms with Crippen LogP contribution in [0.2, 0.25) is 0 Å². The van der Waals surface area contributed by atoms with Crippen LogP contribution in [0.3, 0.4) is 0 Å². The van der Waals surface area contributed by atoms with E-state index in [9.17, 15) is 13.6 Å². The highest BCUT2D eigenvalue weighted by atomic mass is 19.3. The fraction of sp³-hybridized carbons (Fsp3) is 0.500. The largest absolute Gasteiger partial charge is 0.435 e. The predicted octanol–water partition coefficient (Wildman–Crippen LogP) is 2.54. The number of carbonyl (C=O) groups excluding carboxylic acids is 1. The van der Waals surface area contributed by atoms with Crippen LogP contribution in [0.1, 0.15) is 36.5 Å². The van der Waals surface area contributed by atoms with Crippen LogP contribution in [-0.4, -0.2) is 25.1 Å². The highest BCUT2D eigenvalue weighted by molar-refractivity contribution is 5.94. The Balaban J connectivity index is 2.66. The molecular formula is C14H20F2N2O2. The third kappa shape index (κ3) is 5.52. The lowest BCUT2D eigenvalue weighted by atomic mass is 10.1. The Morgan fingerprint density at radius 1 is 1.45 bits per heavy atom. The van der Waals surface area contributed by atoms with Gasteiger partial charge in [-0.3, -0.25) is 4.79 Å². The molecule has 1 rings (SSSR count). The Labute approximate surface area is 117 Å². The van der Waals surface area contributed by atoms with Crippen LogP contribution in [0.25, 0.3) is 0 Å². The van der Waals surface area contributed by atoms with Crippen LogP contribution in [-0.2, 0) is 0 Å². The minimum Gasteiger partial charge on any atom is -0.435 e. The zero-order valence-electron chi connectivity index (χ0n) is 11.4. The van der Waals surface area contributed by atoms with Gasteiger partial charge in [0.25, 0.3) is 5.91 Å². The SMILES string of the molecule is CCCCC(CN)NC(=O)c1cccc(OC(F)F)c1. The van der Waals surface area contributed by atoms with Gasteiger partial charge in [-0.1, -0.05) is 25.8 Å². The van der Waals surface area contributed by atoms with Crippen molar-refractivity contribution in [3.63, 3.8) is 0 Å². The zero-order chi connectivity index (χ0) is 15.0. The second kappa shape index (κ2) is 8.47. The summed E-state index contributed by atoms with van der Waals surface area (Å²) in [5.74, 6) is -0.373. The molecule has 0 aliphatic carbocycles. The summed E-state index contributed by atoms with van der Waals surface area (Å²) in [4.78, 5) is 12.0. The van der Waals surface area contributed by atoms with E-state index in [1.807, 2.05) is 0 Å². The third-order valence-corrected chi connectivity index (χ3v) is 2.85. The highest BCUT2D eigenvalue weighted by Gasteiger charge is 2.13. The maximum Gasteiger partial charge on any atom is 0.387 e. The number of alkyl halides is 2. The molecule has 1 unspecified atom stereocenters. The lowest BCUT2D eigenvalue weighted by Crippen LogP contribution is -2.40. The van der Waals surface area contributed by atoms with Gasteiger partial charge in [-0.15, -0.1) is 0 Å². The number of benzene rings is 1. The first-order chi connectivity index (χ1) is 9.56. The summed E-state index contributed by atoms with van der Waals surface area (Å²) in [5, 5.41) is 2.79. The Bertz CT molecular complexity index is 427. The van der Waals surface area contributed by atoms with Gasteiger partial charge in [0.05, 0.1) is 0 Å². The summed E-state index contributed by atoms with van der Waals surface area (Å²) in [7, 11) is 0. The molecule has 0 aliphatic rings. The molecule has 0 bridgehead atoms. The van der Waals surface area contributed by atoms with Crippen LogP contribution in [0.5, 0.6) is 5.75 Å². The number of rotatable bonds is 8. The van der Waals surface area contributed by atoms with Crippen LogP contribution in [0.4, 0.5) is 8.78 Å². The van der Waals surface area contributed by atoms with E-state index in [0.717, 1.165) is 19.3 Å². The van der Waals surface area contributed by atoms with Crippen LogP contribution in [0.15, 0.2) is 24.3 Å². The monoisotopic (exact) mass is 286 g/mol. The lowest BCUT2D eigenvalue weighted by molar-refractivity contribution is -0.0498. The molecular weight excluding hydrogens is 266 g/mol. The Kier molecular flexibility index (Phi) is 6.93. The van der Waals surface area contributed by atoms with E-state index in [4.69, 9.17) is 5.73 Å². The number of hydrogen-bond donors (Lipinski definition) is 2. The minimum absolute atomic E-state index is 0.0366. The van der Waals surface area contributed by atoms with Crippen molar-refractivity contribution in [2.24, 2.45) is 5.73 Å². The summed E-state index contributed by atoms with van der Waals surface area (Å²) < 4.78 is 28.5. The van der Waals surface area contributed by atoms with Crippen molar-refractivity contribution in [3.8, 4) is 5.75 Å². The van der Waals surface area contributed by atoms with Gasteiger partial charge in [0.15, 0.2) is 0 Å².